The summed E-state index contributed by atoms with van der Waals surface area (Å²) in [6, 6.07) is 10.7. The van der Waals surface area contributed by atoms with Gasteiger partial charge in [-0.2, -0.15) is 0 Å². The lowest BCUT2D eigenvalue weighted by Gasteiger charge is -2.07. The molecule has 2 rings (SSSR count). The summed E-state index contributed by atoms with van der Waals surface area (Å²) in [6.45, 7) is 0. The first-order valence-corrected chi connectivity index (χ1v) is 6.76. The van der Waals surface area contributed by atoms with E-state index < -0.39 is 4.92 Å². The number of nitro benzene ring substituents is 1. The van der Waals surface area contributed by atoms with Gasteiger partial charge in [-0.3, -0.25) is 14.9 Å². The highest BCUT2D eigenvalue weighted by Crippen LogP contribution is 2.27. The number of rotatable bonds is 4. The lowest BCUT2D eigenvalue weighted by atomic mass is 10.1. The van der Waals surface area contributed by atoms with E-state index in [1.807, 2.05) is 6.07 Å². The van der Waals surface area contributed by atoms with Crippen LogP contribution in [0.25, 0.3) is 0 Å². The summed E-state index contributed by atoms with van der Waals surface area (Å²) in [5.41, 5.74) is 0.599. The molecule has 0 unspecified atom stereocenters. The molecule has 0 saturated carbocycles. The predicted octanol–water partition coefficient (Wildman–Crippen LogP) is 3.24. The maximum absolute atomic E-state index is 11.9. The third kappa shape index (κ3) is 4.03. The van der Waals surface area contributed by atoms with Crippen LogP contribution in [-0.4, -0.2) is 15.9 Å². The van der Waals surface area contributed by atoms with Gasteiger partial charge in [-0.25, -0.2) is 0 Å². The Balaban J connectivity index is 2.12. The fourth-order valence-electron chi connectivity index (χ4n) is 1.76. The van der Waals surface area contributed by atoms with Crippen LogP contribution in [0.2, 0.25) is 0 Å². The molecule has 108 valence electrons. The van der Waals surface area contributed by atoms with Crippen LogP contribution >= 0.6 is 15.9 Å². The van der Waals surface area contributed by atoms with Gasteiger partial charge in [0.2, 0.25) is 5.91 Å². The zero-order valence-electron chi connectivity index (χ0n) is 10.7. The van der Waals surface area contributed by atoms with Crippen LogP contribution in [0.5, 0.6) is 5.75 Å². The number of non-ortho nitro benzene ring substituents is 1. The summed E-state index contributed by atoms with van der Waals surface area (Å²) in [5.74, 6) is -0.591. The standard InChI is InChI=1S/C14H11BrN2O4/c15-10-3-1-2-9(6-10)7-14(19)16-12-8-11(17(20)21)4-5-13(12)18/h1-6,8,18H,7H2,(H,16,19). The van der Waals surface area contributed by atoms with Crippen LogP contribution in [0.3, 0.4) is 0 Å². The zero-order chi connectivity index (χ0) is 15.4. The van der Waals surface area contributed by atoms with Crippen LogP contribution in [0.15, 0.2) is 46.9 Å². The number of halogens is 1. The summed E-state index contributed by atoms with van der Waals surface area (Å²) in [6.07, 6.45) is 0.0988. The van der Waals surface area contributed by atoms with Gasteiger partial charge in [0.1, 0.15) is 5.75 Å². The molecule has 2 aromatic carbocycles. The fraction of sp³-hybridized carbons (Fsp3) is 0.0714. The predicted molar refractivity (Wildman–Crippen MR) is 81.2 cm³/mol. The number of benzene rings is 2. The Hall–Kier alpha value is -2.41. The van der Waals surface area contributed by atoms with Crippen LogP contribution in [0.4, 0.5) is 11.4 Å². The Morgan fingerprint density at radius 3 is 2.71 bits per heavy atom. The van der Waals surface area contributed by atoms with Crippen molar-refractivity contribution in [3.8, 4) is 5.75 Å². The second-order valence-corrected chi connectivity index (χ2v) is 5.23. The number of aromatic hydroxyl groups is 1. The summed E-state index contributed by atoms with van der Waals surface area (Å²) >= 11 is 3.31. The van der Waals surface area contributed by atoms with Crippen LogP contribution in [0.1, 0.15) is 5.56 Å². The molecule has 0 atom stereocenters. The Kier molecular flexibility index (Phi) is 4.54. The number of amides is 1. The first-order chi connectivity index (χ1) is 9.95. The van der Waals surface area contributed by atoms with Gasteiger partial charge in [-0.1, -0.05) is 28.1 Å². The molecule has 21 heavy (non-hydrogen) atoms. The lowest BCUT2D eigenvalue weighted by Crippen LogP contribution is -2.14. The Bertz CT molecular complexity index is 703. The maximum Gasteiger partial charge on any atom is 0.271 e. The second kappa shape index (κ2) is 6.36. The average Bonchev–Trinajstić information content (AvgIpc) is 2.41. The minimum atomic E-state index is -0.594. The summed E-state index contributed by atoms with van der Waals surface area (Å²) in [5, 5.41) is 22.8. The first-order valence-electron chi connectivity index (χ1n) is 5.97. The number of hydrogen-bond donors (Lipinski definition) is 2. The van der Waals surface area contributed by atoms with E-state index in [9.17, 15) is 20.0 Å². The number of nitro groups is 1. The fourth-order valence-corrected chi connectivity index (χ4v) is 2.21. The van der Waals surface area contributed by atoms with Crippen LogP contribution in [-0.2, 0) is 11.2 Å². The zero-order valence-corrected chi connectivity index (χ0v) is 12.3. The second-order valence-electron chi connectivity index (χ2n) is 4.31. The van der Waals surface area contributed by atoms with Gasteiger partial charge in [-0.05, 0) is 23.8 Å². The van der Waals surface area contributed by atoms with Crippen LogP contribution < -0.4 is 5.32 Å². The number of phenols is 1. The van der Waals surface area contributed by atoms with E-state index in [4.69, 9.17) is 0 Å². The van der Waals surface area contributed by atoms with Crippen molar-refractivity contribution in [2.45, 2.75) is 6.42 Å². The molecule has 0 saturated heterocycles. The number of carbonyl (C=O) groups excluding carboxylic acids is 1. The van der Waals surface area contributed by atoms with Crippen molar-refractivity contribution in [1.82, 2.24) is 0 Å². The Morgan fingerprint density at radius 2 is 2.05 bits per heavy atom. The molecule has 1 amide bonds. The van der Waals surface area contributed by atoms with Gasteiger partial charge in [-0.15, -0.1) is 0 Å². The molecule has 0 spiro atoms. The molecule has 0 bridgehead atoms. The number of phenolic OH excluding ortho intramolecular Hbond substituents is 1. The van der Waals surface area contributed by atoms with E-state index in [0.717, 1.165) is 16.1 Å². The molecule has 2 N–H and O–H groups in total. The maximum atomic E-state index is 11.9. The highest BCUT2D eigenvalue weighted by molar-refractivity contribution is 9.10. The molecule has 0 fully saturated rings. The molecule has 0 aliphatic carbocycles. The molecule has 0 aliphatic heterocycles. The van der Waals surface area contributed by atoms with Gasteiger partial charge < -0.3 is 10.4 Å². The quantitative estimate of drug-likeness (QED) is 0.502. The SMILES string of the molecule is O=C(Cc1cccc(Br)c1)Nc1cc([N+](=O)[O-])ccc1O. The lowest BCUT2D eigenvalue weighted by molar-refractivity contribution is -0.384. The normalized spacial score (nSPS) is 10.1. The van der Waals surface area contributed by atoms with Crippen molar-refractivity contribution < 1.29 is 14.8 Å². The molecule has 0 radical (unpaired) electrons. The molecule has 7 heteroatoms. The number of anilines is 1. The van der Waals surface area contributed by atoms with Gasteiger partial charge in [0, 0.05) is 16.6 Å². The summed E-state index contributed by atoms with van der Waals surface area (Å²) in [7, 11) is 0. The third-order valence-corrected chi connectivity index (χ3v) is 3.21. The van der Waals surface area contributed by atoms with E-state index in [1.54, 1.807) is 18.2 Å². The molecule has 2 aromatic rings. The summed E-state index contributed by atoms with van der Waals surface area (Å²) < 4.78 is 0.853. The van der Waals surface area contributed by atoms with Crippen molar-refractivity contribution in [2.24, 2.45) is 0 Å². The summed E-state index contributed by atoms with van der Waals surface area (Å²) in [4.78, 5) is 22.0. The molecule has 0 heterocycles. The van der Waals surface area contributed by atoms with E-state index in [-0.39, 0.29) is 29.5 Å². The highest BCUT2D eigenvalue weighted by Gasteiger charge is 2.13. The van der Waals surface area contributed by atoms with E-state index in [0.29, 0.717) is 0 Å². The van der Waals surface area contributed by atoms with Gasteiger partial charge in [0.05, 0.1) is 17.0 Å². The van der Waals surface area contributed by atoms with E-state index >= 15 is 0 Å². The molecule has 6 nitrogen and oxygen atoms in total. The van der Waals surface area contributed by atoms with E-state index in [2.05, 4.69) is 21.2 Å². The van der Waals surface area contributed by atoms with Crippen molar-refractivity contribution in [3.05, 3.63) is 62.6 Å². The topological polar surface area (TPSA) is 92.5 Å². The molecular weight excluding hydrogens is 340 g/mol. The van der Waals surface area contributed by atoms with Crippen molar-refractivity contribution in [3.63, 3.8) is 0 Å². The highest BCUT2D eigenvalue weighted by atomic mass is 79.9. The molecule has 0 aliphatic rings. The Morgan fingerprint density at radius 1 is 1.29 bits per heavy atom. The Labute approximate surface area is 128 Å². The molecular formula is C14H11BrN2O4. The van der Waals surface area contributed by atoms with Crippen LogP contribution in [0, 0.1) is 10.1 Å². The number of nitrogens with zero attached hydrogens (tertiary/aromatic N) is 1. The van der Waals surface area contributed by atoms with Crippen molar-refractivity contribution in [2.75, 3.05) is 5.32 Å². The monoisotopic (exact) mass is 350 g/mol. The van der Waals surface area contributed by atoms with Crippen molar-refractivity contribution in [1.29, 1.82) is 0 Å². The van der Waals surface area contributed by atoms with Gasteiger partial charge in [0.15, 0.2) is 0 Å². The first kappa shape index (κ1) is 15.0. The van der Waals surface area contributed by atoms with Crippen molar-refractivity contribution >= 4 is 33.2 Å². The smallest absolute Gasteiger partial charge is 0.271 e. The largest absolute Gasteiger partial charge is 0.506 e. The van der Waals surface area contributed by atoms with Gasteiger partial charge >= 0.3 is 0 Å². The number of hydrogen-bond acceptors (Lipinski definition) is 4. The number of nitrogens with one attached hydrogen (secondary N) is 1. The molecule has 0 aromatic heterocycles. The van der Waals surface area contributed by atoms with E-state index in [1.165, 1.54) is 12.1 Å². The number of carbonyl (C=O) groups is 1. The average molecular weight is 351 g/mol. The minimum Gasteiger partial charge on any atom is -0.506 e. The minimum absolute atomic E-state index is 0.0178. The third-order valence-electron chi connectivity index (χ3n) is 2.72. The van der Waals surface area contributed by atoms with Gasteiger partial charge in [0.25, 0.3) is 5.69 Å².